The number of fused-ring (bicyclic) bond motifs is 2. The molecule has 1 aromatic heterocycles. The highest BCUT2D eigenvalue weighted by atomic mass is 19.1. The molecule has 3 atom stereocenters. The van der Waals surface area contributed by atoms with Gasteiger partial charge in [-0.3, -0.25) is 4.98 Å². The average molecular weight is 326 g/mol. The minimum Gasteiger partial charge on any atom is -0.490 e. The van der Waals surface area contributed by atoms with Crippen LogP contribution in [0.3, 0.4) is 0 Å². The van der Waals surface area contributed by atoms with E-state index in [9.17, 15) is 4.39 Å². The summed E-state index contributed by atoms with van der Waals surface area (Å²) in [7, 11) is 0. The number of nitrogens with one attached hydrogen (secondary N) is 1. The van der Waals surface area contributed by atoms with Gasteiger partial charge >= 0.3 is 0 Å². The third-order valence-corrected chi connectivity index (χ3v) is 5.43. The van der Waals surface area contributed by atoms with Gasteiger partial charge in [-0.1, -0.05) is 6.07 Å². The van der Waals surface area contributed by atoms with Crippen molar-refractivity contribution >= 4 is 0 Å². The van der Waals surface area contributed by atoms with Crippen LogP contribution in [0.5, 0.6) is 5.75 Å². The zero-order chi connectivity index (χ0) is 16.4. The molecule has 1 saturated carbocycles. The van der Waals surface area contributed by atoms with E-state index < -0.39 is 0 Å². The van der Waals surface area contributed by atoms with Gasteiger partial charge in [0.25, 0.3) is 0 Å². The van der Waals surface area contributed by atoms with Crippen LogP contribution in [0.2, 0.25) is 0 Å². The molecule has 3 nitrogen and oxygen atoms in total. The summed E-state index contributed by atoms with van der Waals surface area (Å²) in [5, 5.41) is 3.52. The highest BCUT2D eigenvalue weighted by Gasteiger charge is 2.33. The monoisotopic (exact) mass is 326 g/mol. The van der Waals surface area contributed by atoms with E-state index in [1.807, 2.05) is 24.3 Å². The molecular weight excluding hydrogens is 303 g/mol. The Morgan fingerprint density at radius 2 is 2.12 bits per heavy atom. The van der Waals surface area contributed by atoms with Gasteiger partial charge in [0, 0.05) is 11.8 Å². The van der Waals surface area contributed by atoms with Gasteiger partial charge in [-0.25, -0.2) is 4.39 Å². The minimum absolute atomic E-state index is 0.311. The maximum Gasteiger partial charge on any atom is 0.165 e. The lowest BCUT2D eigenvalue weighted by molar-refractivity contribution is 0.0920. The molecule has 4 rings (SSSR count). The first kappa shape index (κ1) is 15.6. The Hall–Kier alpha value is -1.94. The number of halogens is 1. The number of pyridine rings is 1. The van der Waals surface area contributed by atoms with E-state index in [2.05, 4.69) is 10.3 Å². The SMILES string of the molecule is Fc1cc(-c2ccccn2)ccc1OCC1CCC2CNCC1C2. The molecule has 2 aliphatic rings. The van der Waals surface area contributed by atoms with Crippen molar-refractivity contribution in [2.75, 3.05) is 19.7 Å². The summed E-state index contributed by atoms with van der Waals surface area (Å²) >= 11 is 0. The van der Waals surface area contributed by atoms with E-state index in [0.717, 1.165) is 30.3 Å². The van der Waals surface area contributed by atoms with Gasteiger partial charge in [0.1, 0.15) is 0 Å². The molecule has 2 heterocycles. The smallest absolute Gasteiger partial charge is 0.165 e. The van der Waals surface area contributed by atoms with Gasteiger partial charge in [0.15, 0.2) is 11.6 Å². The quantitative estimate of drug-likeness (QED) is 0.925. The van der Waals surface area contributed by atoms with Crippen molar-refractivity contribution in [2.24, 2.45) is 17.8 Å². The summed E-state index contributed by atoms with van der Waals surface area (Å²) in [4.78, 5) is 4.26. The number of ether oxygens (including phenoxy) is 1. The lowest BCUT2D eigenvalue weighted by Crippen LogP contribution is -2.44. The van der Waals surface area contributed by atoms with E-state index in [-0.39, 0.29) is 5.82 Å². The number of nitrogens with zero attached hydrogens (tertiary/aromatic N) is 1. The number of hydrogen-bond donors (Lipinski definition) is 1. The predicted molar refractivity (Wildman–Crippen MR) is 92.3 cm³/mol. The lowest BCUT2D eigenvalue weighted by Gasteiger charge is -2.40. The molecule has 126 valence electrons. The number of benzene rings is 1. The standard InChI is InChI=1S/C20H23FN2O/c21-18-10-15(19-3-1-2-8-23-19)6-7-20(18)24-13-16-5-4-14-9-17(16)12-22-11-14/h1-3,6-8,10,14,16-17,22H,4-5,9,11-13H2. The van der Waals surface area contributed by atoms with Gasteiger partial charge in [-0.15, -0.1) is 0 Å². The third kappa shape index (κ3) is 3.29. The maximum atomic E-state index is 14.4. The highest BCUT2D eigenvalue weighted by molar-refractivity contribution is 5.60. The van der Waals surface area contributed by atoms with Crippen LogP contribution >= 0.6 is 0 Å². The normalized spacial score (nSPS) is 26.1. The first-order valence-electron chi connectivity index (χ1n) is 8.84. The Morgan fingerprint density at radius 3 is 2.96 bits per heavy atom. The largest absolute Gasteiger partial charge is 0.490 e. The van der Waals surface area contributed by atoms with E-state index in [4.69, 9.17) is 4.74 Å². The topological polar surface area (TPSA) is 34.1 Å². The average Bonchev–Trinajstić information content (AvgIpc) is 2.63. The van der Waals surface area contributed by atoms with Crippen LogP contribution < -0.4 is 10.1 Å². The Kier molecular flexibility index (Phi) is 4.48. The Labute approximate surface area is 142 Å². The van der Waals surface area contributed by atoms with Gasteiger partial charge in [-0.05, 0) is 80.4 Å². The van der Waals surface area contributed by atoms with Crippen molar-refractivity contribution in [1.82, 2.24) is 10.3 Å². The molecule has 1 aromatic carbocycles. The Bertz CT molecular complexity index is 691. The first-order valence-corrected chi connectivity index (χ1v) is 8.84. The van der Waals surface area contributed by atoms with Crippen molar-refractivity contribution in [2.45, 2.75) is 19.3 Å². The number of hydrogen-bond acceptors (Lipinski definition) is 3. The molecule has 1 N–H and O–H groups in total. The van der Waals surface area contributed by atoms with Crippen LogP contribution in [0.1, 0.15) is 19.3 Å². The second-order valence-corrected chi connectivity index (χ2v) is 7.03. The first-order chi connectivity index (χ1) is 11.8. The van der Waals surface area contributed by atoms with Gasteiger partial charge < -0.3 is 10.1 Å². The molecule has 0 amide bonds. The van der Waals surface area contributed by atoms with Crippen LogP contribution in [-0.4, -0.2) is 24.7 Å². The van der Waals surface area contributed by atoms with E-state index in [0.29, 0.717) is 24.2 Å². The molecule has 1 saturated heterocycles. The summed E-state index contributed by atoms with van der Waals surface area (Å²) in [5.41, 5.74) is 1.55. The molecule has 2 bridgehead atoms. The third-order valence-electron chi connectivity index (χ3n) is 5.43. The van der Waals surface area contributed by atoms with Gasteiger partial charge in [-0.2, -0.15) is 0 Å². The molecule has 1 aliphatic heterocycles. The fraction of sp³-hybridized carbons (Fsp3) is 0.450. The highest BCUT2D eigenvalue weighted by Crippen LogP contribution is 2.36. The molecule has 0 radical (unpaired) electrons. The molecule has 2 fully saturated rings. The van der Waals surface area contributed by atoms with Crippen LogP contribution in [0, 0.1) is 23.6 Å². The van der Waals surface area contributed by atoms with E-state index in [1.54, 1.807) is 12.3 Å². The number of piperidine rings is 1. The Balaban J connectivity index is 1.42. The molecule has 2 aromatic rings. The molecule has 1 aliphatic carbocycles. The van der Waals surface area contributed by atoms with Crippen LogP contribution in [0.4, 0.5) is 4.39 Å². The summed E-state index contributed by atoms with van der Waals surface area (Å²) in [6.07, 6.45) is 5.47. The predicted octanol–water partition coefficient (Wildman–Crippen LogP) is 3.90. The molecule has 4 heteroatoms. The number of aromatic nitrogens is 1. The van der Waals surface area contributed by atoms with E-state index in [1.165, 1.54) is 25.3 Å². The lowest BCUT2D eigenvalue weighted by atomic mass is 9.72. The maximum absolute atomic E-state index is 14.4. The summed E-state index contributed by atoms with van der Waals surface area (Å²) < 4.78 is 20.2. The summed E-state index contributed by atoms with van der Waals surface area (Å²) in [5.74, 6) is 2.07. The summed E-state index contributed by atoms with van der Waals surface area (Å²) in [6, 6.07) is 10.7. The van der Waals surface area contributed by atoms with Crippen molar-refractivity contribution in [3.63, 3.8) is 0 Å². The molecular formula is C20H23FN2O. The van der Waals surface area contributed by atoms with E-state index >= 15 is 0 Å². The van der Waals surface area contributed by atoms with Crippen molar-refractivity contribution in [1.29, 1.82) is 0 Å². The van der Waals surface area contributed by atoms with Crippen molar-refractivity contribution in [3.8, 4) is 17.0 Å². The fourth-order valence-corrected chi connectivity index (χ4v) is 4.06. The summed E-state index contributed by atoms with van der Waals surface area (Å²) in [6.45, 7) is 2.85. The molecule has 3 unspecified atom stereocenters. The second kappa shape index (κ2) is 6.89. The zero-order valence-electron chi connectivity index (χ0n) is 13.7. The minimum atomic E-state index is -0.311. The Morgan fingerprint density at radius 1 is 1.17 bits per heavy atom. The number of rotatable bonds is 4. The van der Waals surface area contributed by atoms with Crippen molar-refractivity contribution in [3.05, 3.63) is 48.4 Å². The second-order valence-electron chi connectivity index (χ2n) is 7.03. The zero-order valence-corrected chi connectivity index (χ0v) is 13.7. The molecule has 0 spiro atoms. The van der Waals surface area contributed by atoms with Crippen LogP contribution in [0.15, 0.2) is 42.6 Å². The van der Waals surface area contributed by atoms with Crippen LogP contribution in [-0.2, 0) is 0 Å². The van der Waals surface area contributed by atoms with Crippen molar-refractivity contribution < 1.29 is 9.13 Å². The van der Waals surface area contributed by atoms with Gasteiger partial charge in [0.05, 0.1) is 12.3 Å². The fourth-order valence-electron chi connectivity index (χ4n) is 4.06. The molecule has 24 heavy (non-hydrogen) atoms. The van der Waals surface area contributed by atoms with Gasteiger partial charge in [0.2, 0.25) is 0 Å². The van der Waals surface area contributed by atoms with Crippen LogP contribution in [0.25, 0.3) is 11.3 Å².